The standard InChI is InChI=1S/C9H19NO2S/c1-8(2,13-5)6-10-7(11)9(3,4)12/h12H,6H2,1-5H3,(H,10,11). The van der Waals surface area contributed by atoms with Crippen LogP contribution in [0.15, 0.2) is 0 Å². The van der Waals surface area contributed by atoms with Gasteiger partial charge in [-0.1, -0.05) is 0 Å². The van der Waals surface area contributed by atoms with Crippen molar-refractivity contribution in [2.45, 2.75) is 38.0 Å². The summed E-state index contributed by atoms with van der Waals surface area (Å²) < 4.78 is 0.0148. The van der Waals surface area contributed by atoms with Gasteiger partial charge < -0.3 is 10.4 Å². The van der Waals surface area contributed by atoms with E-state index in [4.69, 9.17) is 0 Å². The summed E-state index contributed by atoms with van der Waals surface area (Å²) in [7, 11) is 0. The van der Waals surface area contributed by atoms with Crippen LogP contribution in [0.1, 0.15) is 27.7 Å². The van der Waals surface area contributed by atoms with Gasteiger partial charge in [0.25, 0.3) is 5.91 Å². The van der Waals surface area contributed by atoms with Crippen LogP contribution in [-0.4, -0.2) is 34.2 Å². The van der Waals surface area contributed by atoms with Gasteiger partial charge in [0.05, 0.1) is 0 Å². The van der Waals surface area contributed by atoms with Gasteiger partial charge in [-0.2, -0.15) is 11.8 Å². The first kappa shape index (κ1) is 12.8. The van der Waals surface area contributed by atoms with E-state index in [1.165, 1.54) is 13.8 Å². The monoisotopic (exact) mass is 205 g/mol. The van der Waals surface area contributed by atoms with Gasteiger partial charge in [-0.15, -0.1) is 0 Å². The molecule has 0 aromatic rings. The van der Waals surface area contributed by atoms with Crippen molar-refractivity contribution in [3.63, 3.8) is 0 Å². The van der Waals surface area contributed by atoms with Crippen LogP contribution in [0, 0.1) is 0 Å². The van der Waals surface area contributed by atoms with Gasteiger partial charge in [-0.3, -0.25) is 4.79 Å². The number of aliphatic hydroxyl groups is 1. The molecular weight excluding hydrogens is 186 g/mol. The highest BCUT2D eigenvalue weighted by molar-refractivity contribution is 7.99. The molecule has 2 N–H and O–H groups in total. The first-order chi connectivity index (χ1) is 5.69. The zero-order valence-electron chi connectivity index (χ0n) is 8.97. The number of rotatable bonds is 4. The van der Waals surface area contributed by atoms with Crippen LogP contribution in [-0.2, 0) is 4.79 Å². The van der Waals surface area contributed by atoms with Crippen LogP contribution in [0.2, 0.25) is 0 Å². The van der Waals surface area contributed by atoms with Crippen molar-refractivity contribution in [2.75, 3.05) is 12.8 Å². The third-order valence-corrected chi connectivity index (χ3v) is 3.03. The average Bonchev–Trinajstić information content (AvgIpc) is 1.98. The average molecular weight is 205 g/mol. The third-order valence-electron chi connectivity index (χ3n) is 1.78. The first-order valence-corrected chi connectivity index (χ1v) is 5.47. The molecule has 0 bridgehead atoms. The second kappa shape index (κ2) is 4.33. The van der Waals surface area contributed by atoms with Crippen LogP contribution >= 0.6 is 11.8 Å². The Bertz CT molecular complexity index is 185. The summed E-state index contributed by atoms with van der Waals surface area (Å²) in [6, 6.07) is 0. The molecular formula is C9H19NO2S. The Balaban J connectivity index is 3.98. The minimum absolute atomic E-state index is 0.0148. The van der Waals surface area contributed by atoms with Crippen molar-refractivity contribution < 1.29 is 9.90 Å². The van der Waals surface area contributed by atoms with Gasteiger partial charge in [0.1, 0.15) is 5.60 Å². The molecule has 0 unspecified atom stereocenters. The van der Waals surface area contributed by atoms with E-state index in [0.717, 1.165) is 0 Å². The maximum atomic E-state index is 11.3. The summed E-state index contributed by atoms with van der Waals surface area (Å²) in [6.07, 6.45) is 2.00. The Morgan fingerprint density at radius 1 is 1.38 bits per heavy atom. The molecule has 4 heteroatoms. The van der Waals surface area contributed by atoms with E-state index in [2.05, 4.69) is 5.32 Å². The lowest BCUT2D eigenvalue weighted by Crippen LogP contribution is -2.46. The molecule has 0 aromatic heterocycles. The molecule has 0 aromatic carbocycles. The maximum absolute atomic E-state index is 11.3. The lowest BCUT2D eigenvalue weighted by molar-refractivity contribution is -0.136. The molecule has 0 radical (unpaired) electrons. The van der Waals surface area contributed by atoms with Gasteiger partial charge in [-0.05, 0) is 34.0 Å². The Morgan fingerprint density at radius 2 is 1.85 bits per heavy atom. The molecule has 0 aliphatic rings. The summed E-state index contributed by atoms with van der Waals surface area (Å²) in [5, 5.41) is 12.0. The summed E-state index contributed by atoms with van der Waals surface area (Å²) in [5.74, 6) is -0.324. The van der Waals surface area contributed by atoms with Crippen LogP contribution in [0.4, 0.5) is 0 Å². The molecule has 0 aliphatic heterocycles. The Labute approximate surface area is 84.3 Å². The van der Waals surface area contributed by atoms with Crippen LogP contribution in [0.5, 0.6) is 0 Å². The number of amides is 1. The molecule has 0 atom stereocenters. The number of carbonyl (C=O) groups is 1. The van der Waals surface area contributed by atoms with Crippen LogP contribution in [0.25, 0.3) is 0 Å². The van der Waals surface area contributed by atoms with Gasteiger partial charge in [0, 0.05) is 11.3 Å². The van der Waals surface area contributed by atoms with Gasteiger partial charge in [0.2, 0.25) is 0 Å². The van der Waals surface area contributed by atoms with Crippen molar-refractivity contribution >= 4 is 17.7 Å². The topological polar surface area (TPSA) is 49.3 Å². The van der Waals surface area contributed by atoms with E-state index in [-0.39, 0.29) is 10.7 Å². The van der Waals surface area contributed by atoms with Gasteiger partial charge in [0.15, 0.2) is 0 Å². The Morgan fingerprint density at radius 3 is 2.15 bits per heavy atom. The predicted molar refractivity (Wildman–Crippen MR) is 56.9 cm³/mol. The fourth-order valence-corrected chi connectivity index (χ4v) is 0.798. The van der Waals surface area contributed by atoms with E-state index < -0.39 is 5.60 Å². The zero-order chi connectivity index (χ0) is 10.7. The molecule has 0 fully saturated rings. The summed E-state index contributed by atoms with van der Waals surface area (Å²) in [5.41, 5.74) is -1.28. The van der Waals surface area contributed by atoms with E-state index in [9.17, 15) is 9.90 Å². The van der Waals surface area contributed by atoms with Crippen molar-refractivity contribution in [1.82, 2.24) is 5.32 Å². The van der Waals surface area contributed by atoms with Crippen molar-refractivity contribution in [3.05, 3.63) is 0 Å². The predicted octanol–water partition coefficient (Wildman–Crippen LogP) is 1.02. The highest BCUT2D eigenvalue weighted by Gasteiger charge is 2.25. The summed E-state index contributed by atoms with van der Waals surface area (Å²) in [6.45, 7) is 7.62. The van der Waals surface area contributed by atoms with E-state index in [0.29, 0.717) is 6.54 Å². The number of hydrogen-bond donors (Lipinski definition) is 2. The minimum atomic E-state index is -1.28. The fourth-order valence-electron chi connectivity index (χ4n) is 0.582. The van der Waals surface area contributed by atoms with E-state index >= 15 is 0 Å². The summed E-state index contributed by atoms with van der Waals surface area (Å²) >= 11 is 1.68. The number of carbonyl (C=O) groups excluding carboxylic acids is 1. The highest BCUT2D eigenvalue weighted by atomic mass is 32.2. The van der Waals surface area contributed by atoms with Gasteiger partial charge in [-0.25, -0.2) is 0 Å². The third kappa shape index (κ3) is 5.16. The van der Waals surface area contributed by atoms with E-state index in [1.807, 2.05) is 20.1 Å². The van der Waals surface area contributed by atoms with Crippen molar-refractivity contribution in [3.8, 4) is 0 Å². The second-order valence-corrected chi connectivity index (χ2v) is 5.72. The molecule has 0 heterocycles. The normalized spacial score (nSPS) is 12.8. The van der Waals surface area contributed by atoms with Crippen molar-refractivity contribution in [1.29, 1.82) is 0 Å². The lowest BCUT2D eigenvalue weighted by Gasteiger charge is -2.24. The molecule has 13 heavy (non-hydrogen) atoms. The Hall–Kier alpha value is -0.220. The second-order valence-electron chi connectivity index (χ2n) is 4.21. The number of thioether (sulfide) groups is 1. The lowest BCUT2D eigenvalue weighted by atomic mass is 10.1. The molecule has 0 saturated heterocycles. The molecule has 78 valence electrons. The Kier molecular flexibility index (Phi) is 4.26. The molecule has 0 saturated carbocycles. The quantitative estimate of drug-likeness (QED) is 0.720. The zero-order valence-corrected chi connectivity index (χ0v) is 9.79. The number of nitrogens with one attached hydrogen (secondary N) is 1. The highest BCUT2D eigenvalue weighted by Crippen LogP contribution is 2.19. The van der Waals surface area contributed by atoms with Crippen molar-refractivity contribution in [2.24, 2.45) is 0 Å². The molecule has 3 nitrogen and oxygen atoms in total. The smallest absolute Gasteiger partial charge is 0.251 e. The molecule has 0 aliphatic carbocycles. The minimum Gasteiger partial charge on any atom is -0.381 e. The first-order valence-electron chi connectivity index (χ1n) is 4.25. The SMILES string of the molecule is CSC(C)(C)CNC(=O)C(C)(C)O. The van der Waals surface area contributed by atoms with Crippen LogP contribution < -0.4 is 5.32 Å². The molecule has 0 rings (SSSR count). The largest absolute Gasteiger partial charge is 0.381 e. The molecule has 1 amide bonds. The van der Waals surface area contributed by atoms with Crippen LogP contribution in [0.3, 0.4) is 0 Å². The number of hydrogen-bond acceptors (Lipinski definition) is 3. The summed E-state index contributed by atoms with van der Waals surface area (Å²) in [4.78, 5) is 11.3. The maximum Gasteiger partial charge on any atom is 0.251 e. The molecule has 0 spiro atoms. The fraction of sp³-hybridized carbons (Fsp3) is 0.889. The van der Waals surface area contributed by atoms with E-state index in [1.54, 1.807) is 11.8 Å². The van der Waals surface area contributed by atoms with Gasteiger partial charge >= 0.3 is 0 Å².